The molecular formula is C20H23N5O. The fraction of sp³-hybridized carbons (Fsp3) is 0.300. The summed E-state index contributed by atoms with van der Waals surface area (Å²) in [6.07, 6.45) is 3.53. The summed E-state index contributed by atoms with van der Waals surface area (Å²) in [5.74, 6) is 0.397. The van der Waals surface area contributed by atoms with Gasteiger partial charge >= 0.3 is 0 Å². The van der Waals surface area contributed by atoms with Gasteiger partial charge in [-0.05, 0) is 30.7 Å². The number of hydrogen-bond acceptors (Lipinski definition) is 4. The van der Waals surface area contributed by atoms with Gasteiger partial charge in [-0.3, -0.25) is 9.78 Å². The zero-order valence-corrected chi connectivity index (χ0v) is 15.5. The number of rotatable bonds is 4. The predicted molar refractivity (Wildman–Crippen MR) is 101 cm³/mol. The Morgan fingerprint density at radius 1 is 1.19 bits per heavy atom. The maximum absolute atomic E-state index is 12.6. The van der Waals surface area contributed by atoms with E-state index in [0.717, 1.165) is 17.0 Å². The van der Waals surface area contributed by atoms with E-state index < -0.39 is 0 Å². The van der Waals surface area contributed by atoms with Gasteiger partial charge < -0.3 is 5.32 Å². The van der Waals surface area contributed by atoms with Crippen molar-refractivity contribution in [3.63, 3.8) is 0 Å². The lowest BCUT2D eigenvalue weighted by Crippen LogP contribution is -2.17. The highest BCUT2D eigenvalue weighted by Crippen LogP contribution is 2.25. The summed E-state index contributed by atoms with van der Waals surface area (Å²) < 4.78 is 1.80. The summed E-state index contributed by atoms with van der Waals surface area (Å²) >= 11 is 0. The lowest BCUT2D eigenvalue weighted by molar-refractivity contribution is 0.102. The third-order valence-corrected chi connectivity index (χ3v) is 3.97. The maximum atomic E-state index is 12.6. The molecule has 3 aromatic heterocycles. The number of anilines is 1. The Bertz CT molecular complexity index is 909. The molecule has 0 saturated heterocycles. The third kappa shape index (κ3) is 4.14. The van der Waals surface area contributed by atoms with Crippen LogP contribution >= 0.6 is 0 Å². The number of nitrogens with zero attached hydrogens (tertiary/aromatic N) is 4. The molecule has 0 aromatic carbocycles. The van der Waals surface area contributed by atoms with Crippen LogP contribution in [0.15, 0.2) is 48.8 Å². The molecule has 0 bridgehead atoms. The number of carbonyl (C=O) groups excluding carboxylic acids is 1. The van der Waals surface area contributed by atoms with Crippen LogP contribution in [0.2, 0.25) is 0 Å². The summed E-state index contributed by atoms with van der Waals surface area (Å²) in [5.41, 5.74) is 2.99. The van der Waals surface area contributed by atoms with Gasteiger partial charge in [0.2, 0.25) is 0 Å². The van der Waals surface area contributed by atoms with Gasteiger partial charge in [-0.15, -0.1) is 0 Å². The number of pyridine rings is 2. The molecular weight excluding hydrogens is 326 g/mol. The highest BCUT2D eigenvalue weighted by Gasteiger charge is 2.21. The Kier molecular flexibility index (Phi) is 4.84. The lowest BCUT2D eigenvalue weighted by Gasteiger charge is -2.14. The zero-order chi connectivity index (χ0) is 18.7. The zero-order valence-electron chi connectivity index (χ0n) is 15.5. The molecule has 134 valence electrons. The second-order valence-corrected chi connectivity index (χ2v) is 7.30. The summed E-state index contributed by atoms with van der Waals surface area (Å²) in [6.45, 7) is 8.67. The van der Waals surface area contributed by atoms with Crippen LogP contribution in [0.5, 0.6) is 0 Å². The summed E-state index contributed by atoms with van der Waals surface area (Å²) in [6, 6.07) is 11.2. The van der Waals surface area contributed by atoms with Crippen LogP contribution in [0.4, 0.5) is 5.82 Å². The molecule has 3 heterocycles. The van der Waals surface area contributed by atoms with E-state index in [1.165, 1.54) is 0 Å². The van der Waals surface area contributed by atoms with Gasteiger partial charge in [0.1, 0.15) is 11.5 Å². The molecule has 3 aromatic rings. The normalized spacial score (nSPS) is 11.4. The van der Waals surface area contributed by atoms with Crippen molar-refractivity contribution in [1.29, 1.82) is 0 Å². The Labute approximate surface area is 153 Å². The van der Waals surface area contributed by atoms with Crippen molar-refractivity contribution in [2.24, 2.45) is 0 Å². The first kappa shape index (κ1) is 17.8. The highest BCUT2D eigenvalue weighted by molar-refractivity contribution is 6.02. The molecule has 3 rings (SSSR count). The highest BCUT2D eigenvalue weighted by atomic mass is 16.2. The Morgan fingerprint density at radius 2 is 2.00 bits per heavy atom. The molecule has 0 unspecified atom stereocenters. The SMILES string of the molecule is Cc1cccc(C(=O)Nc2cc(C(C)(C)C)nn2Cc2cccnc2)n1. The molecule has 0 saturated carbocycles. The quantitative estimate of drug-likeness (QED) is 0.781. The number of aryl methyl sites for hydroxylation is 1. The fourth-order valence-electron chi connectivity index (χ4n) is 2.52. The molecule has 0 fully saturated rings. The molecule has 1 N–H and O–H groups in total. The van der Waals surface area contributed by atoms with Gasteiger partial charge in [-0.1, -0.05) is 32.9 Å². The molecule has 0 atom stereocenters. The topological polar surface area (TPSA) is 72.7 Å². The van der Waals surface area contributed by atoms with E-state index in [4.69, 9.17) is 5.10 Å². The molecule has 1 amide bonds. The molecule has 26 heavy (non-hydrogen) atoms. The Balaban J connectivity index is 1.91. The lowest BCUT2D eigenvalue weighted by atomic mass is 9.92. The maximum Gasteiger partial charge on any atom is 0.275 e. The van der Waals surface area contributed by atoms with E-state index in [9.17, 15) is 4.79 Å². The number of hydrogen-bond donors (Lipinski definition) is 1. The molecule has 0 radical (unpaired) electrons. The Morgan fingerprint density at radius 3 is 2.65 bits per heavy atom. The van der Waals surface area contributed by atoms with Crippen LogP contribution in [0.25, 0.3) is 0 Å². The van der Waals surface area contributed by atoms with Crippen LogP contribution in [0.1, 0.15) is 48.2 Å². The fourth-order valence-corrected chi connectivity index (χ4v) is 2.52. The molecule has 0 aliphatic rings. The Hall–Kier alpha value is -3.02. The first-order chi connectivity index (χ1) is 12.3. The number of amides is 1. The van der Waals surface area contributed by atoms with Gasteiger partial charge in [0.15, 0.2) is 0 Å². The number of aromatic nitrogens is 4. The first-order valence-electron chi connectivity index (χ1n) is 8.55. The van der Waals surface area contributed by atoms with Crippen molar-refractivity contribution in [1.82, 2.24) is 19.7 Å². The van der Waals surface area contributed by atoms with Crippen LogP contribution in [0.3, 0.4) is 0 Å². The van der Waals surface area contributed by atoms with Gasteiger partial charge in [-0.2, -0.15) is 5.10 Å². The molecule has 0 aliphatic carbocycles. The van der Waals surface area contributed by atoms with Gasteiger partial charge in [0.05, 0.1) is 12.2 Å². The van der Waals surface area contributed by atoms with Crippen molar-refractivity contribution < 1.29 is 4.79 Å². The van der Waals surface area contributed by atoms with Gasteiger partial charge in [-0.25, -0.2) is 9.67 Å². The number of nitrogens with one attached hydrogen (secondary N) is 1. The van der Waals surface area contributed by atoms with Gasteiger partial charge in [0, 0.05) is 29.6 Å². The minimum Gasteiger partial charge on any atom is -0.305 e. The van der Waals surface area contributed by atoms with Crippen LogP contribution < -0.4 is 5.32 Å². The summed E-state index contributed by atoms with van der Waals surface area (Å²) in [4.78, 5) is 21.0. The number of carbonyl (C=O) groups is 1. The second kappa shape index (κ2) is 7.07. The second-order valence-electron chi connectivity index (χ2n) is 7.30. The summed E-state index contributed by atoms with van der Waals surface area (Å²) in [5, 5.41) is 7.64. The van der Waals surface area contributed by atoms with Crippen molar-refractivity contribution in [3.8, 4) is 0 Å². The van der Waals surface area contributed by atoms with Crippen molar-refractivity contribution >= 4 is 11.7 Å². The van der Waals surface area contributed by atoms with Crippen LogP contribution in [0, 0.1) is 6.92 Å². The molecule has 6 nitrogen and oxygen atoms in total. The van der Waals surface area contributed by atoms with Gasteiger partial charge in [0.25, 0.3) is 5.91 Å². The average molecular weight is 349 g/mol. The van der Waals surface area contributed by atoms with E-state index in [2.05, 4.69) is 36.1 Å². The van der Waals surface area contributed by atoms with E-state index in [1.807, 2.05) is 37.3 Å². The monoisotopic (exact) mass is 349 g/mol. The smallest absolute Gasteiger partial charge is 0.275 e. The van der Waals surface area contributed by atoms with Crippen molar-refractivity contribution in [3.05, 3.63) is 71.4 Å². The van der Waals surface area contributed by atoms with Crippen molar-refractivity contribution in [2.75, 3.05) is 5.32 Å². The van der Waals surface area contributed by atoms with Crippen LogP contribution in [-0.2, 0) is 12.0 Å². The summed E-state index contributed by atoms with van der Waals surface area (Å²) in [7, 11) is 0. The minimum atomic E-state index is -0.249. The average Bonchev–Trinajstić information content (AvgIpc) is 2.99. The van der Waals surface area contributed by atoms with E-state index in [1.54, 1.807) is 23.1 Å². The van der Waals surface area contributed by atoms with Crippen LogP contribution in [-0.4, -0.2) is 25.7 Å². The standard InChI is InChI=1S/C20H23N5O/c1-14-7-5-9-16(22-14)19(26)23-18-11-17(20(2,3)4)24-25(18)13-15-8-6-10-21-12-15/h5-12H,13H2,1-4H3,(H,23,26). The third-order valence-electron chi connectivity index (χ3n) is 3.97. The first-order valence-corrected chi connectivity index (χ1v) is 8.55. The largest absolute Gasteiger partial charge is 0.305 e. The van der Waals surface area contributed by atoms with E-state index >= 15 is 0 Å². The predicted octanol–water partition coefficient (Wildman–Crippen LogP) is 3.58. The van der Waals surface area contributed by atoms with E-state index in [-0.39, 0.29) is 11.3 Å². The molecule has 6 heteroatoms. The minimum absolute atomic E-state index is 0.124. The molecule has 0 spiro atoms. The molecule has 0 aliphatic heterocycles. The van der Waals surface area contributed by atoms with E-state index in [0.29, 0.717) is 18.1 Å². The van der Waals surface area contributed by atoms with Crippen molar-refractivity contribution in [2.45, 2.75) is 39.7 Å².